The summed E-state index contributed by atoms with van der Waals surface area (Å²) in [5.74, 6) is 2.54. The summed E-state index contributed by atoms with van der Waals surface area (Å²) in [6.07, 6.45) is 6.67. The van der Waals surface area contributed by atoms with Gasteiger partial charge in [-0.05, 0) is 74.7 Å². The summed E-state index contributed by atoms with van der Waals surface area (Å²) < 4.78 is 5.69. The topological polar surface area (TPSA) is 118 Å². The Bertz CT molecular complexity index is 1480. The minimum atomic E-state index is -0.0335. The molecule has 0 radical (unpaired) electrons. The van der Waals surface area contributed by atoms with Crippen molar-refractivity contribution in [2.75, 3.05) is 36.4 Å². The molecular weight excluding hydrogens is 516 g/mol. The zero-order valence-electron chi connectivity index (χ0n) is 23.2. The van der Waals surface area contributed by atoms with Crippen LogP contribution in [0.15, 0.2) is 67.0 Å². The standard InChI is InChI=1S/C31H34N8O2/c1-21-3-2-4-26(35-21)30-34-16-11-28(38-30)36-27-10-15-33-29(37-27)19-22-5-7-24(8-6-22)39-17-12-23(13-18-39)31(40)41-25-9-14-32-20-25/h2-8,10-11,15-16,23,25,32H,9,12-14,17-20H2,1H3,(H,33,34,36,37,38)/t25-/m1/s1. The first-order valence-electron chi connectivity index (χ1n) is 14.2. The molecule has 10 heteroatoms. The molecule has 0 bridgehead atoms. The first-order valence-corrected chi connectivity index (χ1v) is 14.2. The van der Waals surface area contributed by atoms with Crippen LogP contribution in [0.2, 0.25) is 0 Å². The highest BCUT2D eigenvalue weighted by atomic mass is 16.5. The smallest absolute Gasteiger partial charge is 0.309 e. The number of nitrogens with zero attached hydrogens (tertiary/aromatic N) is 6. The lowest BCUT2D eigenvalue weighted by Crippen LogP contribution is -2.38. The molecule has 2 fully saturated rings. The van der Waals surface area contributed by atoms with Crippen molar-refractivity contribution >= 4 is 23.3 Å². The monoisotopic (exact) mass is 550 g/mol. The van der Waals surface area contributed by atoms with Gasteiger partial charge in [0.15, 0.2) is 5.82 Å². The number of piperidine rings is 1. The normalized spacial score (nSPS) is 17.4. The van der Waals surface area contributed by atoms with Gasteiger partial charge < -0.3 is 20.3 Å². The molecule has 2 aliphatic rings. The lowest BCUT2D eigenvalue weighted by molar-refractivity contribution is -0.153. The van der Waals surface area contributed by atoms with Crippen LogP contribution in [0, 0.1) is 12.8 Å². The van der Waals surface area contributed by atoms with Gasteiger partial charge in [0.2, 0.25) is 0 Å². The number of aryl methyl sites for hydroxylation is 1. The third kappa shape index (κ3) is 6.83. The van der Waals surface area contributed by atoms with Gasteiger partial charge in [-0.3, -0.25) is 4.79 Å². The summed E-state index contributed by atoms with van der Waals surface area (Å²) >= 11 is 0. The Labute approximate surface area is 239 Å². The fraction of sp³-hybridized carbons (Fsp3) is 0.355. The second kappa shape index (κ2) is 12.4. The van der Waals surface area contributed by atoms with Gasteiger partial charge >= 0.3 is 5.97 Å². The zero-order valence-corrected chi connectivity index (χ0v) is 23.2. The van der Waals surface area contributed by atoms with E-state index < -0.39 is 0 Å². The molecule has 3 aromatic heterocycles. The van der Waals surface area contributed by atoms with E-state index in [9.17, 15) is 4.79 Å². The third-order valence-corrected chi connectivity index (χ3v) is 7.52. The second-order valence-corrected chi connectivity index (χ2v) is 10.6. The number of benzene rings is 1. The van der Waals surface area contributed by atoms with E-state index >= 15 is 0 Å². The average Bonchev–Trinajstić information content (AvgIpc) is 3.51. The Morgan fingerprint density at radius 2 is 1.73 bits per heavy atom. The van der Waals surface area contributed by atoms with Gasteiger partial charge in [0.25, 0.3) is 0 Å². The molecule has 6 rings (SSSR count). The molecule has 0 spiro atoms. The molecule has 2 aliphatic heterocycles. The summed E-state index contributed by atoms with van der Waals surface area (Å²) in [5, 5.41) is 6.51. The van der Waals surface area contributed by atoms with Gasteiger partial charge in [-0.2, -0.15) is 0 Å². The van der Waals surface area contributed by atoms with Crippen molar-refractivity contribution in [2.45, 2.75) is 38.7 Å². The quantitative estimate of drug-likeness (QED) is 0.311. The molecule has 1 aromatic carbocycles. The highest BCUT2D eigenvalue weighted by molar-refractivity contribution is 5.73. The third-order valence-electron chi connectivity index (χ3n) is 7.52. The Hall–Kier alpha value is -4.44. The fourth-order valence-electron chi connectivity index (χ4n) is 5.27. The summed E-state index contributed by atoms with van der Waals surface area (Å²) in [5.41, 5.74) is 3.94. The largest absolute Gasteiger partial charge is 0.461 e. The molecule has 0 unspecified atom stereocenters. The van der Waals surface area contributed by atoms with Crippen molar-refractivity contribution in [2.24, 2.45) is 5.92 Å². The van der Waals surface area contributed by atoms with Crippen LogP contribution < -0.4 is 15.5 Å². The van der Waals surface area contributed by atoms with Gasteiger partial charge in [-0.1, -0.05) is 18.2 Å². The predicted octanol–water partition coefficient (Wildman–Crippen LogP) is 4.09. The molecule has 5 heterocycles. The van der Waals surface area contributed by atoms with Gasteiger partial charge in [0.05, 0.1) is 5.92 Å². The number of hydrogen-bond acceptors (Lipinski definition) is 10. The van der Waals surface area contributed by atoms with Crippen LogP contribution in [0.1, 0.15) is 36.3 Å². The van der Waals surface area contributed by atoms with Crippen LogP contribution in [0.3, 0.4) is 0 Å². The SMILES string of the molecule is Cc1cccc(-c2nccc(Nc3ccnc(Cc4ccc(N5CCC(C(=O)O[C@@H]6CCNC6)CC5)cc4)n3)n2)n1. The average molecular weight is 551 g/mol. The number of ether oxygens (including phenoxy) is 1. The van der Waals surface area contributed by atoms with E-state index in [1.807, 2.05) is 31.2 Å². The molecule has 4 aromatic rings. The fourth-order valence-corrected chi connectivity index (χ4v) is 5.27. The first kappa shape index (κ1) is 26.8. The Morgan fingerprint density at radius 1 is 0.951 bits per heavy atom. The van der Waals surface area contributed by atoms with Crippen molar-refractivity contribution in [3.05, 3.63) is 84.1 Å². The van der Waals surface area contributed by atoms with Crippen molar-refractivity contribution in [1.29, 1.82) is 0 Å². The molecule has 2 saturated heterocycles. The molecule has 41 heavy (non-hydrogen) atoms. The molecule has 1 atom stereocenters. The van der Waals surface area contributed by atoms with Crippen molar-refractivity contribution < 1.29 is 9.53 Å². The summed E-state index contributed by atoms with van der Waals surface area (Å²) in [7, 11) is 0. The highest BCUT2D eigenvalue weighted by Crippen LogP contribution is 2.26. The second-order valence-electron chi connectivity index (χ2n) is 10.6. The van der Waals surface area contributed by atoms with E-state index in [0.29, 0.717) is 29.7 Å². The zero-order chi connectivity index (χ0) is 28.0. The number of esters is 1. The summed E-state index contributed by atoms with van der Waals surface area (Å²) in [4.78, 5) is 37.5. The van der Waals surface area contributed by atoms with Gasteiger partial charge in [0.1, 0.15) is 29.3 Å². The van der Waals surface area contributed by atoms with Crippen LogP contribution in [0.4, 0.5) is 17.3 Å². The molecule has 10 nitrogen and oxygen atoms in total. The molecule has 0 saturated carbocycles. The van der Waals surface area contributed by atoms with E-state index in [-0.39, 0.29) is 18.0 Å². The van der Waals surface area contributed by atoms with Gasteiger partial charge in [-0.25, -0.2) is 24.9 Å². The van der Waals surface area contributed by atoms with Crippen LogP contribution >= 0.6 is 0 Å². The summed E-state index contributed by atoms with van der Waals surface area (Å²) in [6.45, 7) is 5.35. The number of carbonyl (C=O) groups is 1. The molecule has 2 N–H and O–H groups in total. The van der Waals surface area contributed by atoms with Crippen molar-refractivity contribution in [3.8, 4) is 11.5 Å². The predicted molar refractivity (Wildman–Crippen MR) is 157 cm³/mol. The maximum atomic E-state index is 12.5. The van der Waals surface area contributed by atoms with Crippen LogP contribution in [-0.4, -0.2) is 63.2 Å². The highest BCUT2D eigenvalue weighted by Gasteiger charge is 2.29. The number of nitrogens with one attached hydrogen (secondary N) is 2. The number of carbonyl (C=O) groups excluding carboxylic acids is 1. The number of pyridine rings is 1. The van der Waals surface area contributed by atoms with E-state index in [1.165, 1.54) is 5.69 Å². The first-order chi connectivity index (χ1) is 20.1. The molecule has 210 valence electrons. The maximum Gasteiger partial charge on any atom is 0.309 e. The molecule has 0 aliphatic carbocycles. The minimum absolute atomic E-state index is 0.00250. The number of anilines is 3. The van der Waals surface area contributed by atoms with Crippen molar-refractivity contribution in [3.63, 3.8) is 0 Å². The maximum absolute atomic E-state index is 12.5. The number of hydrogen-bond donors (Lipinski definition) is 2. The van der Waals surface area contributed by atoms with E-state index in [2.05, 4.69) is 59.7 Å². The summed E-state index contributed by atoms with van der Waals surface area (Å²) in [6, 6.07) is 17.9. The van der Waals surface area contributed by atoms with Crippen LogP contribution in [0.25, 0.3) is 11.5 Å². The Morgan fingerprint density at radius 3 is 2.49 bits per heavy atom. The Kier molecular flexibility index (Phi) is 8.09. The van der Waals surface area contributed by atoms with Gasteiger partial charge in [0, 0.05) is 49.8 Å². The lowest BCUT2D eigenvalue weighted by Gasteiger charge is -2.33. The minimum Gasteiger partial charge on any atom is -0.461 e. The van der Waals surface area contributed by atoms with E-state index in [4.69, 9.17) is 9.72 Å². The van der Waals surface area contributed by atoms with Gasteiger partial charge in [-0.15, -0.1) is 0 Å². The molecular formula is C31H34N8O2. The van der Waals surface area contributed by atoms with Crippen LogP contribution in [-0.2, 0) is 16.0 Å². The van der Waals surface area contributed by atoms with Crippen molar-refractivity contribution in [1.82, 2.24) is 30.2 Å². The number of aromatic nitrogens is 5. The molecule has 0 amide bonds. The lowest BCUT2D eigenvalue weighted by atomic mass is 9.96. The van der Waals surface area contributed by atoms with Crippen LogP contribution in [0.5, 0.6) is 0 Å². The van der Waals surface area contributed by atoms with E-state index in [0.717, 1.165) is 62.4 Å². The van der Waals surface area contributed by atoms with E-state index in [1.54, 1.807) is 18.5 Å². The Balaban J connectivity index is 1.04. The number of rotatable bonds is 8.